The zero-order valence-electron chi connectivity index (χ0n) is 39.0. The van der Waals surface area contributed by atoms with Gasteiger partial charge in [-0.15, -0.1) is 16.6 Å². The molecule has 0 saturated carbocycles. The van der Waals surface area contributed by atoms with Crippen LogP contribution in [0.25, 0.3) is 0 Å². The van der Waals surface area contributed by atoms with Crippen molar-refractivity contribution in [3.8, 4) is 12.3 Å². The van der Waals surface area contributed by atoms with Gasteiger partial charge in [0.25, 0.3) is 0 Å². The number of carboxylic acid groups (broad SMARTS) is 1. The van der Waals surface area contributed by atoms with Crippen LogP contribution in [0, 0.1) is 24.2 Å². The van der Waals surface area contributed by atoms with E-state index in [1.807, 2.05) is 42.4 Å². The Kier molecular flexibility index (Phi) is 22.3. The number of nitrogens with two attached hydrogens (primary N) is 2. The molecule has 24 nitrogen and oxygen atoms in total. The third kappa shape index (κ3) is 15.4. The van der Waals surface area contributed by atoms with Crippen LogP contribution in [0.2, 0.25) is 0 Å². The van der Waals surface area contributed by atoms with E-state index >= 15 is 0 Å². The van der Waals surface area contributed by atoms with Gasteiger partial charge in [0.05, 0.1) is 69.8 Å². The summed E-state index contributed by atoms with van der Waals surface area (Å²) in [4.78, 5) is 61.8. The highest BCUT2D eigenvalue weighted by Gasteiger charge is 2.35. The summed E-state index contributed by atoms with van der Waals surface area (Å²) >= 11 is 0. The molecule has 0 aromatic carbocycles. The van der Waals surface area contributed by atoms with Gasteiger partial charge in [0, 0.05) is 65.3 Å². The Morgan fingerprint density at radius 3 is 1.88 bits per heavy atom. The Balaban J connectivity index is 0.00000980. The van der Waals surface area contributed by atoms with Gasteiger partial charge in [-0.25, -0.2) is 9.36 Å². The molecule has 0 spiro atoms. The molecule has 6 unspecified atom stereocenters. The SMILES string of the molecule is C#CCOCCOCCOCCNc1nc(N2CCN(C(=O)C(CCC(=O)O)n3cc(C(N)C(C)CC)nn3)CC2)nc(N2CCN(C(=O)C(C(C)CC)n3cc(C(N)CO)nn3)CC2)n1.[Cl-]. The number of anilines is 3. The summed E-state index contributed by atoms with van der Waals surface area (Å²) in [6, 6.07) is -2.55. The molecule has 0 radical (unpaired) electrons. The van der Waals surface area contributed by atoms with Gasteiger partial charge in [-0.05, 0) is 18.3 Å². The number of hydrogen-bond acceptors (Lipinski definition) is 19. The second-order valence-electron chi connectivity index (χ2n) is 16.5. The topological polar surface area (TPSA) is 296 Å². The molecule has 7 N–H and O–H groups in total. The van der Waals surface area contributed by atoms with Crippen LogP contribution in [0.4, 0.5) is 17.8 Å². The van der Waals surface area contributed by atoms with Gasteiger partial charge in [-0.1, -0.05) is 56.9 Å². The first-order valence-corrected chi connectivity index (χ1v) is 22.8. The number of terminal acetylenes is 1. The number of ether oxygens (including phenoxy) is 3. The first-order chi connectivity index (χ1) is 31.9. The summed E-state index contributed by atoms with van der Waals surface area (Å²) in [5, 5.41) is 39.1. The highest BCUT2D eigenvalue weighted by Crippen LogP contribution is 2.27. The van der Waals surface area contributed by atoms with Crippen LogP contribution in [0.3, 0.4) is 0 Å². The average molecular weight is 961 g/mol. The number of aromatic nitrogens is 9. The van der Waals surface area contributed by atoms with E-state index in [0.717, 1.165) is 12.8 Å². The molecule has 25 heteroatoms. The summed E-state index contributed by atoms with van der Waals surface area (Å²) < 4.78 is 19.5. The summed E-state index contributed by atoms with van der Waals surface area (Å²) in [6.07, 6.45) is 9.86. The lowest BCUT2D eigenvalue weighted by molar-refractivity contribution is -0.139. The number of halogens is 1. The predicted octanol–water partition coefficient (Wildman–Crippen LogP) is -3.12. The molecule has 2 aliphatic rings. The van der Waals surface area contributed by atoms with E-state index in [0.29, 0.717) is 121 Å². The van der Waals surface area contributed by atoms with Gasteiger partial charge >= 0.3 is 5.97 Å². The molecular weight excluding hydrogens is 892 g/mol. The maximum Gasteiger partial charge on any atom is 0.303 e. The monoisotopic (exact) mass is 960 g/mol. The molecular formula is C42H68ClN16O8-. The Morgan fingerprint density at radius 2 is 1.31 bits per heavy atom. The molecule has 6 atom stereocenters. The number of nitrogens with one attached hydrogen (secondary N) is 1. The second-order valence-corrected chi connectivity index (χ2v) is 16.5. The van der Waals surface area contributed by atoms with Gasteiger partial charge in [-0.2, -0.15) is 15.0 Å². The lowest BCUT2D eigenvalue weighted by Gasteiger charge is -2.38. The van der Waals surface area contributed by atoms with Gasteiger partial charge in [0.1, 0.15) is 24.4 Å². The summed E-state index contributed by atoms with van der Waals surface area (Å²) in [7, 11) is 0. The molecule has 0 aliphatic carbocycles. The number of aliphatic hydroxyl groups excluding tert-OH is 1. The predicted molar refractivity (Wildman–Crippen MR) is 242 cm³/mol. The lowest BCUT2D eigenvalue weighted by Crippen LogP contribution is -3.00. The minimum absolute atomic E-state index is 0. The largest absolute Gasteiger partial charge is 1.00 e. The molecule has 2 saturated heterocycles. The Hall–Kier alpha value is -5.29. The molecule has 2 amide bonds. The number of aliphatic carboxylic acids is 1. The Labute approximate surface area is 397 Å². The van der Waals surface area contributed by atoms with Gasteiger partial charge in [0.2, 0.25) is 29.7 Å². The fourth-order valence-corrected chi connectivity index (χ4v) is 7.47. The number of carbonyl (C=O) groups is 3. The van der Waals surface area contributed by atoms with E-state index < -0.39 is 24.1 Å². The first-order valence-electron chi connectivity index (χ1n) is 22.8. The van der Waals surface area contributed by atoms with Crippen LogP contribution in [-0.4, -0.2) is 188 Å². The van der Waals surface area contributed by atoms with Gasteiger partial charge in [-0.3, -0.25) is 14.4 Å². The minimum atomic E-state index is -1.02. The second kappa shape index (κ2) is 27.5. The fraction of sp³-hybridized carbons (Fsp3) is 0.714. The van der Waals surface area contributed by atoms with Crippen LogP contribution in [0.15, 0.2) is 12.4 Å². The zero-order valence-corrected chi connectivity index (χ0v) is 39.8. The van der Waals surface area contributed by atoms with E-state index in [-0.39, 0.29) is 68.2 Å². The summed E-state index contributed by atoms with van der Waals surface area (Å²) in [6.45, 7) is 13.5. The third-order valence-electron chi connectivity index (χ3n) is 12.0. The minimum Gasteiger partial charge on any atom is -1.00 e. The van der Waals surface area contributed by atoms with Crippen LogP contribution >= 0.6 is 0 Å². The van der Waals surface area contributed by atoms with Crippen molar-refractivity contribution in [1.82, 2.24) is 54.7 Å². The third-order valence-corrected chi connectivity index (χ3v) is 12.0. The van der Waals surface area contributed by atoms with E-state index in [1.165, 1.54) is 4.68 Å². The average Bonchev–Trinajstić information content (AvgIpc) is 4.04. The molecule has 3 aromatic rings. The summed E-state index contributed by atoms with van der Waals surface area (Å²) in [5.41, 5.74) is 13.3. The maximum atomic E-state index is 14.1. The van der Waals surface area contributed by atoms with Crippen molar-refractivity contribution in [2.24, 2.45) is 23.3 Å². The maximum absolute atomic E-state index is 14.1. The highest BCUT2D eigenvalue weighted by molar-refractivity contribution is 5.82. The van der Waals surface area contributed by atoms with Crippen molar-refractivity contribution in [2.45, 2.75) is 77.5 Å². The highest BCUT2D eigenvalue weighted by atomic mass is 35.5. The number of rotatable bonds is 27. The van der Waals surface area contributed by atoms with Crippen LogP contribution in [-0.2, 0) is 28.6 Å². The van der Waals surface area contributed by atoms with Crippen molar-refractivity contribution >= 4 is 35.6 Å². The van der Waals surface area contributed by atoms with E-state index in [2.05, 4.69) is 31.9 Å². The van der Waals surface area contributed by atoms with Crippen LogP contribution in [0.5, 0.6) is 0 Å². The fourth-order valence-electron chi connectivity index (χ4n) is 7.47. The van der Waals surface area contributed by atoms with E-state index in [9.17, 15) is 24.6 Å². The molecule has 5 rings (SSSR count). The van der Waals surface area contributed by atoms with Crippen LogP contribution < -0.4 is 39.0 Å². The van der Waals surface area contributed by atoms with Gasteiger partial charge < -0.3 is 73.2 Å². The number of nitrogens with zero attached hydrogens (tertiary/aromatic N) is 13. The van der Waals surface area contributed by atoms with E-state index in [1.54, 1.807) is 22.0 Å². The number of amides is 2. The zero-order chi connectivity index (χ0) is 47.6. The molecule has 2 fully saturated rings. The Morgan fingerprint density at radius 1 is 0.776 bits per heavy atom. The number of carboxylic acids is 1. The molecule has 0 bridgehead atoms. The van der Waals surface area contributed by atoms with Gasteiger partial charge in [0.15, 0.2) is 0 Å². The molecule has 372 valence electrons. The molecule has 2 aliphatic heterocycles. The lowest BCUT2D eigenvalue weighted by atomic mass is 9.97. The van der Waals surface area contributed by atoms with Crippen molar-refractivity contribution in [2.75, 3.05) is 120 Å². The smallest absolute Gasteiger partial charge is 0.303 e. The number of carbonyl (C=O) groups excluding carboxylic acids is 2. The van der Waals surface area contributed by atoms with Crippen molar-refractivity contribution in [3.63, 3.8) is 0 Å². The van der Waals surface area contributed by atoms with Crippen LogP contribution in [0.1, 0.15) is 88.9 Å². The molecule has 3 aromatic heterocycles. The molecule has 67 heavy (non-hydrogen) atoms. The Bertz CT molecular complexity index is 2020. The number of aliphatic hydroxyl groups is 1. The van der Waals surface area contributed by atoms with Crippen molar-refractivity contribution in [3.05, 3.63) is 23.8 Å². The first kappa shape index (κ1) is 54.3. The number of hydrogen-bond donors (Lipinski definition) is 5. The normalized spacial score (nSPS) is 16.9. The standard InChI is InChI=1S/C42H68N16O8.ClH/c1-6-20-64-22-24-66-25-23-65-21-11-45-40-46-41(55-16-12-53(13-17-55)38(62)34(9-10-35(60)61)57-27-33(50-51-57)36(44)29(4)7-2)48-42(47-40)56-18-14-54(15-19-56)39(63)37(30(5)8-3)58-26-32(49-52-58)31(43)28-59;/h1,26-27,29-31,34,36-37,59H,7-25,28,43-44H2,2-5H3,(H,60,61)(H,45,46,47,48);1H/p-1. The summed E-state index contributed by atoms with van der Waals surface area (Å²) in [5.74, 6) is 2.32. The molecule has 5 heterocycles. The quantitative estimate of drug-likeness (QED) is 0.0373. The van der Waals surface area contributed by atoms with Crippen molar-refractivity contribution < 1.29 is 51.2 Å². The number of piperazine rings is 2. The van der Waals surface area contributed by atoms with E-state index in [4.69, 9.17) is 47.1 Å². The van der Waals surface area contributed by atoms with Crippen molar-refractivity contribution in [1.29, 1.82) is 0 Å².